The third-order valence-corrected chi connectivity index (χ3v) is 8.95. The van der Waals surface area contributed by atoms with E-state index in [-0.39, 0.29) is 41.9 Å². The molecule has 2 aromatic heterocycles. The van der Waals surface area contributed by atoms with E-state index in [4.69, 9.17) is 24.2 Å². The van der Waals surface area contributed by atoms with Gasteiger partial charge in [0, 0.05) is 35.2 Å². The van der Waals surface area contributed by atoms with Gasteiger partial charge in [0.25, 0.3) is 0 Å². The zero-order chi connectivity index (χ0) is 40.4. The fourth-order valence-corrected chi connectivity index (χ4v) is 6.50. The Balaban J connectivity index is 0.000000290. The molecule has 0 amide bonds. The smallest absolute Gasteiger partial charge is 0.340 e. The average molecular weight is 747 g/mol. The monoisotopic (exact) mass is 746 g/mol. The van der Waals surface area contributed by atoms with Crippen molar-refractivity contribution in [2.24, 2.45) is 0 Å². The molecule has 2 aromatic carbocycles. The molecule has 0 spiro atoms. The van der Waals surface area contributed by atoms with Gasteiger partial charge in [0.1, 0.15) is 11.6 Å². The lowest BCUT2D eigenvalue weighted by Gasteiger charge is -2.25. The van der Waals surface area contributed by atoms with Crippen LogP contribution >= 0.6 is 0 Å². The van der Waals surface area contributed by atoms with Gasteiger partial charge in [-0.2, -0.15) is 0 Å². The molecule has 292 valence electrons. The summed E-state index contributed by atoms with van der Waals surface area (Å²) in [4.78, 5) is 35.2. The number of pyridine rings is 2. The number of halogens is 2. The summed E-state index contributed by atoms with van der Waals surface area (Å²) in [7, 11) is 3.01. The van der Waals surface area contributed by atoms with E-state index in [1.54, 1.807) is 45.2 Å². The van der Waals surface area contributed by atoms with E-state index in [0.29, 0.717) is 52.2 Å². The number of carbonyl (C=O) groups is 2. The average Bonchev–Trinajstić information content (AvgIpc) is 3.12. The van der Waals surface area contributed by atoms with Crippen molar-refractivity contribution in [3.05, 3.63) is 105 Å². The first kappa shape index (κ1) is 43.9. The number of ether oxygens (including phenoxy) is 3. The normalized spacial score (nSPS) is 11.9. The quantitative estimate of drug-likeness (QED) is 0.135. The number of aliphatic hydroxyl groups is 1. The number of benzene rings is 2. The van der Waals surface area contributed by atoms with E-state index in [0.717, 1.165) is 28.1 Å². The molecule has 0 aliphatic rings. The van der Waals surface area contributed by atoms with Crippen LogP contribution in [0.25, 0.3) is 22.3 Å². The molecular formula is C44H56F2N2O6. The van der Waals surface area contributed by atoms with Crippen molar-refractivity contribution in [3.8, 4) is 22.3 Å². The summed E-state index contributed by atoms with van der Waals surface area (Å²) in [6.45, 7) is 20.2. The van der Waals surface area contributed by atoms with E-state index in [1.165, 1.54) is 31.4 Å². The van der Waals surface area contributed by atoms with Gasteiger partial charge in [-0.1, -0.05) is 79.7 Å². The molecule has 4 aromatic rings. The molecule has 0 saturated carbocycles. The number of aliphatic hydroxyl groups excluding tert-OH is 1. The van der Waals surface area contributed by atoms with Gasteiger partial charge in [-0.15, -0.1) is 0 Å². The van der Waals surface area contributed by atoms with Crippen molar-refractivity contribution in [3.63, 3.8) is 0 Å². The van der Waals surface area contributed by atoms with Gasteiger partial charge in [-0.25, -0.2) is 18.4 Å². The number of carbonyl (C=O) groups excluding carboxylic acids is 2. The molecule has 10 heteroatoms. The van der Waals surface area contributed by atoms with Crippen LogP contribution in [0.5, 0.6) is 0 Å². The minimum atomic E-state index is -0.843. The van der Waals surface area contributed by atoms with Gasteiger partial charge in [0.2, 0.25) is 0 Å². The van der Waals surface area contributed by atoms with E-state index in [1.807, 2.05) is 41.5 Å². The highest BCUT2D eigenvalue weighted by Crippen LogP contribution is 2.40. The maximum atomic E-state index is 13.5. The molecule has 0 aliphatic heterocycles. The Bertz CT molecular complexity index is 1890. The summed E-state index contributed by atoms with van der Waals surface area (Å²) in [6, 6.07) is 12.1. The zero-order valence-electron chi connectivity index (χ0n) is 33.8. The van der Waals surface area contributed by atoms with Gasteiger partial charge in [-0.3, -0.25) is 9.97 Å². The van der Waals surface area contributed by atoms with Crippen LogP contribution < -0.4 is 0 Å². The van der Waals surface area contributed by atoms with Crippen molar-refractivity contribution >= 4 is 11.9 Å². The highest BCUT2D eigenvalue weighted by atomic mass is 19.1. The number of methoxy groups -OCH3 is 2. The summed E-state index contributed by atoms with van der Waals surface area (Å²) < 4.78 is 42.7. The lowest BCUT2D eigenvalue weighted by molar-refractivity contribution is 0.0523. The Labute approximate surface area is 319 Å². The summed E-state index contributed by atoms with van der Waals surface area (Å²) in [6.07, 6.45) is -0.240. The van der Waals surface area contributed by atoms with Crippen LogP contribution in [-0.2, 0) is 20.6 Å². The van der Waals surface area contributed by atoms with Crippen LogP contribution in [-0.4, -0.2) is 54.4 Å². The first-order valence-corrected chi connectivity index (χ1v) is 18.6. The van der Waals surface area contributed by atoms with Crippen LogP contribution in [0.3, 0.4) is 0 Å². The number of nitrogens with zero attached hydrogens (tertiary/aromatic N) is 2. The molecule has 0 radical (unpaired) electrons. The van der Waals surface area contributed by atoms with Crippen molar-refractivity contribution in [1.82, 2.24) is 9.97 Å². The highest BCUT2D eigenvalue weighted by molar-refractivity contribution is 6.00. The molecule has 1 atom stereocenters. The molecule has 0 fully saturated rings. The summed E-state index contributed by atoms with van der Waals surface area (Å²) in [5.41, 5.74) is 8.10. The lowest BCUT2D eigenvalue weighted by atomic mass is 9.85. The number of esters is 2. The number of hydrogen-bond acceptors (Lipinski definition) is 8. The fraction of sp³-hybridized carbons (Fsp3) is 0.455. The predicted molar refractivity (Wildman–Crippen MR) is 209 cm³/mol. The van der Waals surface area contributed by atoms with E-state index < -0.39 is 18.0 Å². The second-order valence-corrected chi connectivity index (χ2v) is 14.4. The second-order valence-electron chi connectivity index (χ2n) is 14.4. The largest absolute Gasteiger partial charge is 0.465 e. The predicted octanol–water partition coefficient (Wildman–Crippen LogP) is 10.5. The standard InChI is InChI=1S/2C22H28FNO3/c1-13(2)20-17(11-12-26-5)18(15-7-9-16(23)10-8-15)19(22(25)27-6)21(24-20)14(3)4;1-7-27-22(26)19-18(15-8-10-16(23)11-9-15)17(14(6)25)20(12(2)3)24-21(19)13(4)5/h7-10,13-14H,11-12H2,1-6H3;8-14,25H,7H2,1-6H3. The van der Waals surface area contributed by atoms with Gasteiger partial charge < -0.3 is 19.3 Å². The van der Waals surface area contributed by atoms with Gasteiger partial charge in [0.05, 0.1) is 48.9 Å². The molecule has 0 bridgehead atoms. The Morgan fingerprint density at radius 3 is 1.46 bits per heavy atom. The maximum absolute atomic E-state index is 13.5. The molecule has 8 nitrogen and oxygen atoms in total. The molecule has 1 unspecified atom stereocenters. The van der Waals surface area contributed by atoms with Crippen LogP contribution in [0.15, 0.2) is 48.5 Å². The first-order chi connectivity index (χ1) is 25.5. The first-order valence-electron chi connectivity index (χ1n) is 18.6. The van der Waals surface area contributed by atoms with Gasteiger partial charge in [0.15, 0.2) is 0 Å². The van der Waals surface area contributed by atoms with Crippen LogP contribution in [0, 0.1) is 11.6 Å². The van der Waals surface area contributed by atoms with Crippen molar-refractivity contribution in [2.45, 2.75) is 105 Å². The Morgan fingerprint density at radius 2 is 1.07 bits per heavy atom. The van der Waals surface area contributed by atoms with Crippen molar-refractivity contribution in [1.29, 1.82) is 0 Å². The molecule has 4 rings (SSSR count). The second kappa shape index (κ2) is 19.7. The fourth-order valence-electron chi connectivity index (χ4n) is 6.50. The summed E-state index contributed by atoms with van der Waals surface area (Å²) in [5, 5.41) is 10.5. The van der Waals surface area contributed by atoms with Gasteiger partial charge in [-0.05, 0) is 84.9 Å². The summed E-state index contributed by atoms with van der Waals surface area (Å²) >= 11 is 0. The Morgan fingerprint density at radius 1 is 0.648 bits per heavy atom. The third kappa shape index (κ3) is 10.2. The molecule has 54 heavy (non-hydrogen) atoms. The lowest BCUT2D eigenvalue weighted by Crippen LogP contribution is -2.18. The number of rotatable bonds is 13. The topological polar surface area (TPSA) is 108 Å². The Kier molecular flexibility index (Phi) is 16.0. The van der Waals surface area contributed by atoms with Crippen LogP contribution in [0.2, 0.25) is 0 Å². The Hall–Kier alpha value is -4.54. The van der Waals surface area contributed by atoms with E-state index in [9.17, 15) is 23.5 Å². The van der Waals surface area contributed by atoms with E-state index >= 15 is 0 Å². The third-order valence-electron chi connectivity index (χ3n) is 8.95. The maximum Gasteiger partial charge on any atom is 0.340 e. The minimum Gasteiger partial charge on any atom is -0.465 e. The van der Waals surface area contributed by atoms with E-state index in [2.05, 4.69) is 13.8 Å². The molecule has 2 heterocycles. The zero-order valence-corrected chi connectivity index (χ0v) is 33.8. The van der Waals surface area contributed by atoms with Crippen molar-refractivity contribution < 1.29 is 37.7 Å². The highest BCUT2D eigenvalue weighted by Gasteiger charge is 2.31. The van der Waals surface area contributed by atoms with Gasteiger partial charge >= 0.3 is 11.9 Å². The molecule has 0 aliphatic carbocycles. The number of hydrogen-bond donors (Lipinski definition) is 1. The van der Waals surface area contributed by atoms with Crippen LogP contribution in [0.1, 0.15) is 154 Å². The molecule has 1 N–H and O–H groups in total. The molecular weight excluding hydrogens is 690 g/mol. The van der Waals surface area contributed by atoms with Crippen LogP contribution in [0.4, 0.5) is 8.78 Å². The minimum absolute atomic E-state index is 0.0239. The summed E-state index contributed by atoms with van der Waals surface area (Å²) in [5.74, 6) is -1.37. The SMILES string of the molecule is CCOC(=O)c1c(C(C)C)nc(C(C)C)c(C(C)O)c1-c1ccc(F)cc1.COCCc1c(C(C)C)nc(C(C)C)c(C(=O)OC)c1-c1ccc(F)cc1. The number of aromatic nitrogens is 2. The molecule has 0 saturated heterocycles. The van der Waals surface area contributed by atoms with Crippen molar-refractivity contribution in [2.75, 3.05) is 27.4 Å².